The zero-order valence-electron chi connectivity index (χ0n) is 11.5. The summed E-state index contributed by atoms with van der Waals surface area (Å²) in [6.45, 7) is -0.403. The molecule has 0 aliphatic rings. The molecular formula is C15H10ClF3INO2. The van der Waals surface area contributed by atoms with Crippen molar-refractivity contribution in [3.63, 3.8) is 0 Å². The molecule has 0 atom stereocenters. The van der Waals surface area contributed by atoms with Crippen LogP contribution in [0.15, 0.2) is 42.5 Å². The van der Waals surface area contributed by atoms with Crippen molar-refractivity contribution in [1.29, 1.82) is 0 Å². The lowest BCUT2D eigenvalue weighted by atomic mass is 10.1. The number of benzene rings is 2. The van der Waals surface area contributed by atoms with Crippen LogP contribution in [0.1, 0.15) is 5.56 Å². The molecule has 1 amide bonds. The number of rotatable bonds is 4. The van der Waals surface area contributed by atoms with Gasteiger partial charge in [0.15, 0.2) is 6.61 Å². The van der Waals surface area contributed by atoms with Gasteiger partial charge in [0, 0.05) is 8.59 Å². The third kappa shape index (κ3) is 5.28. The van der Waals surface area contributed by atoms with Crippen LogP contribution in [0.25, 0.3) is 0 Å². The van der Waals surface area contributed by atoms with Crippen LogP contribution in [0, 0.1) is 3.57 Å². The lowest BCUT2D eigenvalue weighted by Crippen LogP contribution is -2.22. The summed E-state index contributed by atoms with van der Waals surface area (Å²) in [5, 5.41) is 2.12. The van der Waals surface area contributed by atoms with E-state index in [0.717, 1.165) is 15.7 Å². The van der Waals surface area contributed by atoms with Gasteiger partial charge in [0.05, 0.1) is 11.3 Å². The first kappa shape index (κ1) is 17.9. The molecule has 2 rings (SSSR count). The van der Waals surface area contributed by atoms with Gasteiger partial charge in [-0.3, -0.25) is 4.79 Å². The largest absolute Gasteiger partial charge is 0.484 e. The SMILES string of the molecule is O=C(COc1cccc(I)c1)Nc1ccc(Cl)cc1C(F)(F)F. The van der Waals surface area contributed by atoms with Crippen molar-refractivity contribution < 1.29 is 22.7 Å². The van der Waals surface area contributed by atoms with E-state index in [1.165, 1.54) is 6.07 Å². The summed E-state index contributed by atoms with van der Waals surface area (Å²) in [6, 6.07) is 10.1. The van der Waals surface area contributed by atoms with Crippen LogP contribution in [-0.2, 0) is 11.0 Å². The van der Waals surface area contributed by atoms with Crippen LogP contribution in [0.4, 0.5) is 18.9 Å². The van der Waals surface area contributed by atoms with Gasteiger partial charge in [0.2, 0.25) is 0 Å². The Balaban J connectivity index is 2.06. The number of ether oxygens (including phenoxy) is 1. The van der Waals surface area contributed by atoms with E-state index >= 15 is 0 Å². The van der Waals surface area contributed by atoms with Crippen molar-refractivity contribution in [2.75, 3.05) is 11.9 Å². The zero-order chi connectivity index (χ0) is 17.0. The average Bonchev–Trinajstić information content (AvgIpc) is 2.46. The Bertz CT molecular complexity index is 722. The van der Waals surface area contributed by atoms with E-state index in [4.69, 9.17) is 16.3 Å². The molecule has 0 radical (unpaired) electrons. The lowest BCUT2D eigenvalue weighted by molar-refractivity contribution is -0.137. The summed E-state index contributed by atoms with van der Waals surface area (Å²) in [7, 11) is 0. The molecule has 0 bridgehead atoms. The number of alkyl halides is 3. The molecule has 0 unspecified atom stereocenters. The average molecular weight is 456 g/mol. The molecular weight excluding hydrogens is 446 g/mol. The maximum Gasteiger partial charge on any atom is 0.418 e. The van der Waals surface area contributed by atoms with Gasteiger partial charge >= 0.3 is 6.18 Å². The second kappa shape index (κ2) is 7.39. The molecule has 0 aliphatic carbocycles. The Morgan fingerprint density at radius 2 is 1.96 bits per heavy atom. The highest BCUT2D eigenvalue weighted by molar-refractivity contribution is 14.1. The van der Waals surface area contributed by atoms with Crippen molar-refractivity contribution in [1.82, 2.24) is 0 Å². The van der Waals surface area contributed by atoms with E-state index in [9.17, 15) is 18.0 Å². The molecule has 122 valence electrons. The molecule has 3 nitrogen and oxygen atoms in total. The van der Waals surface area contributed by atoms with E-state index in [1.807, 2.05) is 6.07 Å². The molecule has 0 saturated carbocycles. The van der Waals surface area contributed by atoms with Gasteiger partial charge in [-0.2, -0.15) is 13.2 Å². The Labute approximate surface area is 148 Å². The minimum absolute atomic E-state index is 0.0644. The van der Waals surface area contributed by atoms with Gasteiger partial charge in [-0.25, -0.2) is 0 Å². The highest BCUT2D eigenvalue weighted by atomic mass is 127. The van der Waals surface area contributed by atoms with Gasteiger partial charge in [0.25, 0.3) is 5.91 Å². The molecule has 0 spiro atoms. The predicted molar refractivity (Wildman–Crippen MR) is 89.7 cm³/mol. The van der Waals surface area contributed by atoms with Crippen LogP contribution in [0.5, 0.6) is 5.75 Å². The topological polar surface area (TPSA) is 38.3 Å². The molecule has 0 saturated heterocycles. The summed E-state index contributed by atoms with van der Waals surface area (Å²) >= 11 is 7.66. The third-order valence-corrected chi connectivity index (χ3v) is 3.63. The number of amides is 1. The number of halogens is 5. The Morgan fingerprint density at radius 3 is 2.61 bits per heavy atom. The Morgan fingerprint density at radius 1 is 1.22 bits per heavy atom. The summed E-state index contributed by atoms with van der Waals surface area (Å²) in [5.41, 5.74) is -1.37. The minimum Gasteiger partial charge on any atom is -0.484 e. The first-order valence-corrected chi connectivity index (χ1v) is 7.76. The fraction of sp³-hybridized carbons (Fsp3) is 0.133. The summed E-state index contributed by atoms with van der Waals surface area (Å²) < 4.78 is 45.0. The van der Waals surface area contributed by atoms with Crippen LogP contribution in [0.2, 0.25) is 5.02 Å². The van der Waals surface area contributed by atoms with Crippen LogP contribution < -0.4 is 10.1 Å². The van der Waals surface area contributed by atoms with Crippen molar-refractivity contribution in [2.24, 2.45) is 0 Å². The van der Waals surface area contributed by atoms with Gasteiger partial charge in [-0.1, -0.05) is 17.7 Å². The molecule has 0 fully saturated rings. The van der Waals surface area contributed by atoms with Gasteiger partial charge in [-0.15, -0.1) is 0 Å². The van der Waals surface area contributed by atoms with Crippen LogP contribution >= 0.6 is 34.2 Å². The van der Waals surface area contributed by atoms with Crippen LogP contribution in [0.3, 0.4) is 0 Å². The van der Waals surface area contributed by atoms with Gasteiger partial charge in [-0.05, 0) is 59.0 Å². The van der Waals surface area contributed by atoms with E-state index in [2.05, 4.69) is 27.9 Å². The molecule has 8 heteroatoms. The fourth-order valence-electron chi connectivity index (χ4n) is 1.75. The first-order valence-electron chi connectivity index (χ1n) is 6.30. The van der Waals surface area contributed by atoms with E-state index < -0.39 is 24.3 Å². The number of carbonyl (C=O) groups is 1. The lowest BCUT2D eigenvalue weighted by Gasteiger charge is -2.14. The smallest absolute Gasteiger partial charge is 0.418 e. The summed E-state index contributed by atoms with van der Waals surface area (Å²) in [6.07, 6.45) is -4.62. The molecule has 0 aromatic heterocycles. The molecule has 0 aliphatic heterocycles. The first-order chi connectivity index (χ1) is 10.8. The molecule has 2 aromatic rings. The highest BCUT2D eigenvalue weighted by Crippen LogP contribution is 2.36. The van der Waals surface area contributed by atoms with E-state index in [0.29, 0.717) is 5.75 Å². The Hall–Kier alpha value is -1.48. The van der Waals surface area contributed by atoms with E-state index in [-0.39, 0.29) is 10.7 Å². The third-order valence-electron chi connectivity index (χ3n) is 2.73. The molecule has 0 heterocycles. The number of anilines is 1. The monoisotopic (exact) mass is 455 g/mol. The molecule has 23 heavy (non-hydrogen) atoms. The second-order valence-corrected chi connectivity index (χ2v) is 6.16. The summed E-state index contributed by atoms with van der Waals surface area (Å²) in [4.78, 5) is 11.8. The van der Waals surface area contributed by atoms with Gasteiger partial charge in [0.1, 0.15) is 5.75 Å². The Kier molecular flexibility index (Phi) is 5.74. The maximum atomic E-state index is 12.9. The number of carbonyl (C=O) groups excluding carboxylic acids is 1. The quantitative estimate of drug-likeness (QED) is 0.661. The zero-order valence-corrected chi connectivity index (χ0v) is 14.4. The minimum atomic E-state index is -4.62. The van der Waals surface area contributed by atoms with Crippen molar-refractivity contribution in [3.8, 4) is 5.75 Å². The summed E-state index contributed by atoms with van der Waals surface area (Å²) in [5.74, 6) is -0.240. The van der Waals surface area contributed by atoms with Crippen LogP contribution in [-0.4, -0.2) is 12.5 Å². The van der Waals surface area contributed by atoms with Crippen molar-refractivity contribution >= 4 is 45.8 Å². The fourth-order valence-corrected chi connectivity index (χ4v) is 2.44. The van der Waals surface area contributed by atoms with Gasteiger partial charge < -0.3 is 10.1 Å². The highest BCUT2D eigenvalue weighted by Gasteiger charge is 2.34. The standard InChI is InChI=1S/C15H10ClF3INO2/c16-9-4-5-13(12(6-9)15(17,18)19)21-14(22)8-23-11-3-1-2-10(20)7-11/h1-7H,8H2,(H,21,22). The van der Waals surface area contributed by atoms with Crippen molar-refractivity contribution in [3.05, 3.63) is 56.6 Å². The normalized spacial score (nSPS) is 11.2. The second-order valence-electron chi connectivity index (χ2n) is 4.48. The van der Waals surface area contributed by atoms with Crippen molar-refractivity contribution in [2.45, 2.75) is 6.18 Å². The number of nitrogens with one attached hydrogen (secondary N) is 1. The predicted octanol–water partition coefficient (Wildman–Crippen LogP) is 4.98. The van der Waals surface area contributed by atoms with E-state index in [1.54, 1.807) is 18.2 Å². The maximum absolute atomic E-state index is 12.9. The number of hydrogen-bond donors (Lipinski definition) is 1. The molecule has 2 aromatic carbocycles. The molecule has 1 N–H and O–H groups in total. The number of hydrogen-bond acceptors (Lipinski definition) is 2.